The summed E-state index contributed by atoms with van der Waals surface area (Å²) in [6.45, 7) is 5.63. The summed E-state index contributed by atoms with van der Waals surface area (Å²) in [5.41, 5.74) is 9.60. The summed E-state index contributed by atoms with van der Waals surface area (Å²) >= 11 is 1.66. The molecule has 0 bridgehead atoms. The second kappa shape index (κ2) is 6.90. The first-order chi connectivity index (χ1) is 11.8. The third-order valence-corrected chi connectivity index (χ3v) is 6.33. The normalized spacial score (nSPS) is 16.0. The van der Waals surface area contributed by atoms with Crippen LogP contribution in [0.15, 0.2) is 24.3 Å². The van der Waals surface area contributed by atoms with Crippen LogP contribution in [0.5, 0.6) is 0 Å². The van der Waals surface area contributed by atoms with Gasteiger partial charge in [0, 0.05) is 23.0 Å². The first-order valence-corrected chi connectivity index (χ1v) is 9.49. The number of fused-ring (bicyclic) bond motifs is 1. The number of carbonyl (C=O) groups is 1. The number of aryl methyl sites for hydroxylation is 1. The maximum Gasteiger partial charge on any atom is 0.337 e. The van der Waals surface area contributed by atoms with E-state index < -0.39 is 5.97 Å². The molecule has 0 spiro atoms. The van der Waals surface area contributed by atoms with Gasteiger partial charge in [-0.2, -0.15) is 0 Å². The summed E-state index contributed by atoms with van der Waals surface area (Å²) in [5.74, 6) is -0.813. The Bertz CT molecular complexity index is 795. The fourth-order valence-electron chi connectivity index (χ4n) is 3.57. The zero-order valence-electron chi connectivity index (χ0n) is 15.1. The average molecular weight is 359 g/mol. The standard InChI is InChI=1S/C20H26N2O2S/c1-20(2)9-8-16-15(10-20)17(19(23)24)18(25-16)14-7-5-4-6-13(14)11-22(3)12-21/h4-7H,8-12,21H2,1-3H3,(H,23,24). The lowest BCUT2D eigenvalue weighted by Gasteiger charge is -2.29. The topological polar surface area (TPSA) is 66.6 Å². The van der Waals surface area contributed by atoms with E-state index in [1.165, 1.54) is 4.88 Å². The molecule has 3 N–H and O–H groups in total. The van der Waals surface area contributed by atoms with Crippen molar-refractivity contribution in [2.45, 2.75) is 39.7 Å². The zero-order valence-corrected chi connectivity index (χ0v) is 15.9. The molecule has 2 aromatic rings. The van der Waals surface area contributed by atoms with Crippen LogP contribution in [0.25, 0.3) is 10.4 Å². The molecule has 0 aliphatic heterocycles. The number of hydrogen-bond donors (Lipinski definition) is 2. The Morgan fingerprint density at radius 2 is 2.08 bits per heavy atom. The molecule has 1 aliphatic rings. The van der Waals surface area contributed by atoms with Gasteiger partial charge in [0.15, 0.2) is 0 Å². The molecule has 0 radical (unpaired) electrons. The lowest BCUT2D eigenvalue weighted by atomic mass is 9.76. The number of carboxylic acid groups (broad SMARTS) is 1. The van der Waals surface area contributed by atoms with E-state index in [0.717, 1.165) is 40.8 Å². The van der Waals surface area contributed by atoms with E-state index >= 15 is 0 Å². The quantitative estimate of drug-likeness (QED) is 0.794. The molecule has 1 aliphatic carbocycles. The van der Waals surface area contributed by atoms with Gasteiger partial charge in [-0.3, -0.25) is 4.90 Å². The van der Waals surface area contributed by atoms with Crippen molar-refractivity contribution in [1.29, 1.82) is 0 Å². The van der Waals surface area contributed by atoms with Crippen LogP contribution in [-0.4, -0.2) is 29.7 Å². The van der Waals surface area contributed by atoms with Gasteiger partial charge in [0.25, 0.3) is 0 Å². The monoisotopic (exact) mass is 358 g/mol. The van der Waals surface area contributed by atoms with Gasteiger partial charge in [0.05, 0.1) is 5.56 Å². The van der Waals surface area contributed by atoms with E-state index in [1.807, 2.05) is 30.1 Å². The first kappa shape index (κ1) is 18.1. The lowest BCUT2D eigenvalue weighted by Crippen LogP contribution is -2.25. The molecule has 134 valence electrons. The van der Waals surface area contributed by atoms with E-state index in [0.29, 0.717) is 18.8 Å². The van der Waals surface area contributed by atoms with Gasteiger partial charge >= 0.3 is 5.97 Å². The molecule has 0 unspecified atom stereocenters. The second-order valence-electron chi connectivity index (χ2n) is 7.71. The van der Waals surface area contributed by atoms with Crippen LogP contribution in [0.3, 0.4) is 0 Å². The number of nitrogens with two attached hydrogens (primary N) is 1. The summed E-state index contributed by atoms with van der Waals surface area (Å²) < 4.78 is 0. The van der Waals surface area contributed by atoms with E-state index in [-0.39, 0.29) is 5.41 Å². The molecule has 5 heteroatoms. The fraction of sp³-hybridized carbons (Fsp3) is 0.450. The molecule has 25 heavy (non-hydrogen) atoms. The van der Waals surface area contributed by atoms with E-state index in [1.54, 1.807) is 11.3 Å². The maximum atomic E-state index is 12.1. The number of rotatable bonds is 5. The van der Waals surface area contributed by atoms with E-state index in [2.05, 4.69) is 19.9 Å². The van der Waals surface area contributed by atoms with Crippen molar-refractivity contribution in [2.24, 2.45) is 11.1 Å². The van der Waals surface area contributed by atoms with Gasteiger partial charge < -0.3 is 10.8 Å². The summed E-state index contributed by atoms with van der Waals surface area (Å²) in [4.78, 5) is 16.3. The number of carboxylic acids is 1. The van der Waals surface area contributed by atoms with Crippen molar-refractivity contribution in [3.05, 3.63) is 45.8 Å². The Kier molecular flexibility index (Phi) is 5.00. The smallest absolute Gasteiger partial charge is 0.337 e. The number of nitrogens with zero attached hydrogens (tertiary/aromatic N) is 1. The van der Waals surface area contributed by atoms with E-state index in [9.17, 15) is 9.90 Å². The molecule has 0 amide bonds. The fourth-order valence-corrected chi connectivity index (χ4v) is 4.94. The summed E-state index contributed by atoms with van der Waals surface area (Å²) in [6.07, 6.45) is 2.92. The minimum absolute atomic E-state index is 0.162. The molecule has 1 aromatic carbocycles. The van der Waals surface area contributed by atoms with Crippen LogP contribution >= 0.6 is 11.3 Å². The molecule has 0 saturated heterocycles. The molecule has 0 fully saturated rings. The first-order valence-electron chi connectivity index (χ1n) is 8.67. The van der Waals surface area contributed by atoms with Crippen LogP contribution < -0.4 is 5.73 Å². The predicted molar refractivity (Wildman–Crippen MR) is 103 cm³/mol. The minimum atomic E-state index is -0.813. The Hall–Kier alpha value is -1.69. The SMILES string of the molecule is CN(CN)Cc1ccccc1-c1sc2c(c1C(=O)O)CC(C)(C)CC2. The van der Waals surface area contributed by atoms with Crippen LogP contribution in [0, 0.1) is 5.41 Å². The van der Waals surface area contributed by atoms with Crippen LogP contribution in [0.2, 0.25) is 0 Å². The molecular formula is C20H26N2O2S. The van der Waals surface area contributed by atoms with Gasteiger partial charge in [0.1, 0.15) is 0 Å². The van der Waals surface area contributed by atoms with Crippen molar-refractivity contribution in [1.82, 2.24) is 4.90 Å². The molecule has 1 aromatic heterocycles. The number of benzene rings is 1. The van der Waals surface area contributed by atoms with Crippen molar-refractivity contribution in [3.8, 4) is 10.4 Å². The van der Waals surface area contributed by atoms with Gasteiger partial charge in [-0.1, -0.05) is 38.1 Å². The molecule has 4 nitrogen and oxygen atoms in total. The van der Waals surface area contributed by atoms with Gasteiger partial charge in [-0.05, 0) is 48.4 Å². The highest BCUT2D eigenvalue weighted by atomic mass is 32.1. The summed E-state index contributed by atoms with van der Waals surface area (Å²) in [7, 11) is 1.97. The van der Waals surface area contributed by atoms with Crippen LogP contribution in [-0.2, 0) is 19.4 Å². The number of aromatic carboxylic acids is 1. The Labute approximate surface area is 153 Å². The molecule has 0 atom stereocenters. The van der Waals surface area contributed by atoms with Crippen molar-refractivity contribution in [2.75, 3.05) is 13.7 Å². The highest BCUT2D eigenvalue weighted by Gasteiger charge is 2.33. The largest absolute Gasteiger partial charge is 0.478 e. The summed E-state index contributed by atoms with van der Waals surface area (Å²) in [6, 6.07) is 8.08. The number of hydrogen-bond acceptors (Lipinski definition) is 4. The highest BCUT2D eigenvalue weighted by molar-refractivity contribution is 7.16. The minimum Gasteiger partial charge on any atom is -0.478 e. The second-order valence-corrected chi connectivity index (χ2v) is 8.81. The highest BCUT2D eigenvalue weighted by Crippen LogP contribution is 2.45. The van der Waals surface area contributed by atoms with Crippen molar-refractivity contribution >= 4 is 17.3 Å². The van der Waals surface area contributed by atoms with Crippen molar-refractivity contribution in [3.63, 3.8) is 0 Å². The third kappa shape index (κ3) is 3.64. The molecule has 3 rings (SSSR count). The molecular weight excluding hydrogens is 332 g/mol. The van der Waals surface area contributed by atoms with Crippen LogP contribution in [0.4, 0.5) is 0 Å². The third-order valence-electron chi connectivity index (χ3n) is 5.00. The van der Waals surface area contributed by atoms with E-state index in [4.69, 9.17) is 5.73 Å². The zero-order chi connectivity index (χ0) is 18.2. The molecule has 0 saturated carbocycles. The Morgan fingerprint density at radius 3 is 2.76 bits per heavy atom. The van der Waals surface area contributed by atoms with Gasteiger partial charge in [0.2, 0.25) is 0 Å². The van der Waals surface area contributed by atoms with Gasteiger partial charge in [-0.15, -0.1) is 11.3 Å². The number of thiophene rings is 1. The Morgan fingerprint density at radius 1 is 1.36 bits per heavy atom. The van der Waals surface area contributed by atoms with Crippen molar-refractivity contribution < 1.29 is 9.90 Å². The summed E-state index contributed by atoms with van der Waals surface area (Å²) in [5, 5.41) is 9.94. The predicted octanol–water partition coefficient (Wildman–Crippen LogP) is 3.98. The van der Waals surface area contributed by atoms with Gasteiger partial charge in [-0.25, -0.2) is 4.79 Å². The Balaban J connectivity index is 2.13. The maximum absolute atomic E-state index is 12.1. The molecule has 1 heterocycles. The lowest BCUT2D eigenvalue weighted by molar-refractivity contribution is 0.0696. The average Bonchev–Trinajstić information content (AvgIpc) is 2.92. The van der Waals surface area contributed by atoms with Crippen LogP contribution in [0.1, 0.15) is 46.6 Å².